The zero-order valence-electron chi connectivity index (χ0n) is 18.5. The summed E-state index contributed by atoms with van der Waals surface area (Å²) in [6, 6.07) is 14.2. The summed E-state index contributed by atoms with van der Waals surface area (Å²) in [7, 11) is 5.74. The van der Waals surface area contributed by atoms with Crippen LogP contribution in [0.15, 0.2) is 60.9 Å². The van der Waals surface area contributed by atoms with Crippen molar-refractivity contribution in [2.75, 3.05) is 39.6 Å². The lowest BCUT2D eigenvalue weighted by Gasteiger charge is -2.15. The summed E-state index contributed by atoms with van der Waals surface area (Å²) < 4.78 is 19.1. The van der Waals surface area contributed by atoms with Crippen LogP contribution in [-0.4, -0.2) is 54.1 Å². The molecule has 0 unspecified atom stereocenters. The van der Waals surface area contributed by atoms with Gasteiger partial charge in [-0.05, 0) is 74.6 Å². The summed E-state index contributed by atoms with van der Waals surface area (Å²) in [4.78, 5) is 16.0. The highest BCUT2D eigenvalue weighted by Gasteiger charge is 2.15. The smallest absolute Gasteiger partial charge is 0.163 e. The van der Waals surface area contributed by atoms with Gasteiger partial charge in [-0.3, -0.25) is 4.98 Å². The molecule has 0 radical (unpaired) electrons. The van der Waals surface area contributed by atoms with E-state index in [1.807, 2.05) is 24.3 Å². The van der Waals surface area contributed by atoms with Gasteiger partial charge in [0.05, 0.1) is 7.11 Å². The fraction of sp³-hybridized carbons (Fsp3) is 0.240. The van der Waals surface area contributed by atoms with Gasteiger partial charge in [-0.1, -0.05) is 12.1 Å². The minimum absolute atomic E-state index is 0.269. The third-order valence-electron chi connectivity index (χ3n) is 5.16. The number of halogens is 1. The van der Waals surface area contributed by atoms with Gasteiger partial charge in [0, 0.05) is 29.9 Å². The number of methoxy groups -OCH3 is 1. The second-order valence-corrected chi connectivity index (χ2v) is 7.80. The maximum Gasteiger partial charge on any atom is 0.163 e. The number of rotatable bonds is 8. The van der Waals surface area contributed by atoms with E-state index in [2.05, 4.69) is 29.3 Å². The number of hydrogen-bond acceptors (Lipinski definition) is 6. The van der Waals surface area contributed by atoms with Crippen molar-refractivity contribution in [2.45, 2.75) is 6.42 Å². The van der Waals surface area contributed by atoms with Gasteiger partial charge >= 0.3 is 0 Å². The first kappa shape index (κ1) is 21.6. The number of nitrogens with one attached hydrogen (secondary N) is 1. The molecule has 32 heavy (non-hydrogen) atoms. The molecular formula is C25H26FN5O. The van der Waals surface area contributed by atoms with Crippen molar-refractivity contribution in [3.05, 3.63) is 66.7 Å². The Morgan fingerprint density at radius 3 is 2.50 bits per heavy atom. The summed E-state index contributed by atoms with van der Waals surface area (Å²) in [5.74, 6) is 1.67. The van der Waals surface area contributed by atoms with Gasteiger partial charge in [-0.2, -0.15) is 0 Å². The van der Waals surface area contributed by atoms with Gasteiger partial charge in [0.25, 0.3) is 0 Å². The zero-order chi connectivity index (χ0) is 22.5. The zero-order valence-corrected chi connectivity index (χ0v) is 18.5. The molecule has 6 nitrogen and oxygen atoms in total. The molecule has 0 amide bonds. The summed E-state index contributed by atoms with van der Waals surface area (Å²) in [5.41, 5.74) is 3.34. The van der Waals surface area contributed by atoms with Crippen LogP contribution >= 0.6 is 0 Å². The fourth-order valence-electron chi connectivity index (χ4n) is 3.53. The van der Waals surface area contributed by atoms with Gasteiger partial charge in [0.1, 0.15) is 22.9 Å². The summed E-state index contributed by atoms with van der Waals surface area (Å²) in [5, 5.41) is 4.33. The first-order valence-corrected chi connectivity index (χ1v) is 10.5. The molecule has 0 saturated carbocycles. The second kappa shape index (κ2) is 9.70. The molecule has 0 saturated heterocycles. The Hall–Kier alpha value is -3.58. The number of fused-ring (bicyclic) bond motifs is 1. The Balaban J connectivity index is 1.84. The number of pyridine rings is 1. The van der Waals surface area contributed by atoms with E-state index in [9.17, 15) is 4.39 Å². The lowest BCUT2D eigenvalue weighted by atomic mass is 10.0. The van der Waals surface area contributed by atoms with Gasteiger partial charge in [0.2, 0.25) is 0 Å². The van der Waals surface area contributed by atoms with Crippen molar-refractivity contribution < 1.29 is 9.13 Å². The standard InChI is InChI=1S/C25H26FN5O/c1-31(2)13-5-12-28-25-21-14-19(17-7-9-20(26)10-8-17)15-22(32-3)23(21)29-24(30-25)18-6-4-11-27-16-18/h4,6-11,14-16H,5,12-13H2,1-3H3,(H,28,29,30). The molecule has 4 rings (SSSR count). The third-order valence-corrected chi connectivity index (χ3v) is 5.16. The van der Waals surface area contributed by atoms with Crippen molar-refractivity contribution in [3.63, 3.8) is 0 Å². The molecule has 0 aliphatic rings. The van der Waals surface area contributed by atoms with Gasteiger partial charge in [-0.25, -0.2) is 14.4 Å². The third kappa shape index (κ3) is 4.84. The molecule has 0 aliphatic carbocycles. The topological polar surface area (TPSA) is 63.2 Å². The van der Waals surface area contributed by atoms with Crippen LogP contribution in [0, 0.1) is 5.82 Å². The maximum absolute atomic E-state index is 13.4. The number of nitrogens with zero attached hydrogens (tertiary/aromatic N) is 4. The molecule has 2 heterocycles. The molecule has 0 bridgehead atoms. The predicted molar refractivity (Wildman–Crippen MR) is 126 cm³/mol. The second-order valence-electron chi connectivity index (χ2n) is 7.80. The fourth-order valence-corrected chi connectivity index (χ4v) is 3.53. The van der Waals surface area contributed by atoms with Crippen molar-refractivity contribution in [1.82, 2.24) is 19.9 Å². The van der Waals surface area contributed by atoms with Crippen LogP contribution in [0.3, 0.4) is 0 Å². The molecule has 0 atom stereocenters. The summed E-state index contributed by atoms with van der Waals surface area (Å²) in [6.45, 7) is 1.73. The van der Waals surface area contributed by atoms with Crippen LogP contribution in [0.1, 0.15) is 6.42 Å². The van der Waals surface area contributed by atoms with Crippen LogP contribution < -0.4 is 10.1 Å². The Morgan fingerprint density at radius 1 is 1.00 bits per heavy atom. The average Bonchev–Trinajstić information content (AvgIpc) is 2.81. The SMILES string of the molecule is COc1cc(-c2ccc(F)cc2)cc2c(NCCCN(C)C)nc(-c3cccnc3)nc12. The molecule has 0 fully saturated rings. The first-order valence-electron chi connectivity index (χ1n) is 10.5. The highest BCUT2D eigenvalue weighted by molar-refractivity contribution is 5.97. The van der Waals surface area contributed by atoms with Crippen molar-refractivity contribution in [1.29, 1.82) is 0 Å². The number of benzene rings is 2. The van der Waals surface area contributed by atoms with Gasteiger partial charge in [-0.15, -0.1) is 0 Å². The van der Waals surface area contributed by atoms with E-state index in [0.717, 1.165) is 47.4 Å². The lowest BCUT2D eigenvalue weighted by molar-refractivity contribution is 0.405. The van der Waals surface area contributed by atoms with E-state index >= 15 is 0 Å². The monoisotopic (exact) mass is 431 g/mol. The maximum atomic E-state index is 13.4. The van der Waals surface area contributed by atoms with Crippen molar-refractivity contribution in [2.24, 2.45) is 0 Å². The molecule has 164 valence electrons. The van der Waals surface area contributed by atoms with Gasteiger partial charge < -0.3 is 15.0 Å². The highest BCUT2D eigenvalue weighted by atomic mass is 19.1. The Bertz CT molecular complexity index is 1200. The van der Waals surface area contributed by atoms with Crippen LogP contribution in [0.5, 0.6) is 5.75 Å². The van der Waals surface area contributed by atoms with E-state index in [0.29, 0.717) is 17.1 Å². The minimum Gasteiger partial charge on any atom is -0.494 e. The molecular weight excluding hydrogens is 405 g/mol. The number of aromatic nitrogens is 3. The largest absolute Gasteiger partial charge is 0.494 e. The average molecular weight is 432 g/mol. The molecule has 7 heteroatoms. The Morgan fingerprint density at radius 2 is 1.81 bits per heavy atom. The number of hydrogen-bond donors (Lipinski definition) is 1. The van der Waals surface area contributed by atoms with E-state index < -0.39 is 0 Å². The molecule has 2 aromatic carbocycles. The summed E-state index contributed by atoms with van der Waals surface area (Å²) in [6.07, 6.45) is 4.44. The van der Waals surface area contributed by atoms with E-state index in [1.165, 1.54) is 12.1 Å². The molecule has 0 aliphatic heterocycles. The molecule has 0 spiro atoms. The van der Waals surface area contributed by atoms with Crippen molar-refractivity contribution >= 4 is 16.7 Å². The quantitative estimate of drug-likeness (QED) is 0.402. The molecule has 1 N–H and O–H groups in total. The summed E-state index contributed by atoms with van der Waals surface area (Å²) >= 11 is 0. The number of ether oxygens (including phenoxy) is 1. The van der Waals surface area contributed by atoms with E-state index in [4.69, 9.17) is 14.7 Å². The predicted octanol–water partition coefficient (Wildman–Crippen LogP) is 4.87. The highest BCUT2D eigenvalue weighted by Crippen LogP contribution is 2.35. The Labute approximate surface area is 187 Å². The van der Waals surface area contributed by atoms with Crippen LogP contribution in [0.2, 0.25) is 0 Å². The lowest BCUT2D eigenvalue weighted by Crippen LogP contribution is -2.17. The van der Waals surface area contributed by atoms with Crippen LogP contribution in [-0.2, 0) is 0 Å². The van der Waals surface area contributed by atoms with E-state index in [-0.39, 0.29) is 5.82 Å². The van der Waals surface area contributed by atoms with Crippen LogP contribution in [0.25, 0.3) is 33.4 Å². The van der Waals surface area contributed by atoms with Gasteiger partial charge in [0.15, 0.2) is 5.82 Å². The first-order chi connectivity index (χ1) is 15.5. The minimum atomic E-state index is -0.269. The van der Waals surface area contributed by atoms with Crippen LogP contribution in [0.4, 0.5) is 10.2 Å². The molecule has 4 aromatic rings. The Kier molecular flexibility index (Phi) is 6.56. The van der Waals surface area contributed by atoms with Crippen molar-refractivity contribution in [3.8, 4) is 28.3 Å². The number of anilines is 1. The normalized spacial score (nSPS) is 11.2. The van der Waals surface area contributed by atoms with E-state index in [1.54, 1.807) is 31.6 Å². The molecule has 2 aromatic heterocycles.